The number of hydrogen-bond donors (Lipinski definition) is 2. The fraction of sp³-hybridized carbons (Fsp3) is 0.938. The Labute approximate surface area is 123 Å². The van der Waals surface area contributed by atoms with E-state index in [1.54, 1.807) is 0 Å². The molecule has 0 heterocycles. The van der Waals surface area contributed by atoms with Gasteiger partial charge in [0.25, 0.3) is 0 Å². The Hall–Kier alpha value is -0.610. The second kappa shape index (κ2) is 8.63. The summed E-state index contributed by atoms with van der Waals surface area (Å²) in [6.45, 7) is 7.62. The Morgan fingerprint density at radius 1 is 1.40 bits per heavy atom. The number of likely N-dealkylation sites (N-methyl/N-ethyl adjacent to an activating group) is 1. The number of carbonyl (C=O) groups is 1. The lowest BCUT2D eigenvalue weighted by Crippen LogP contribution is -2.53. The van der Waals surface area contributed by atoms with Crippen molar-refractivity contribution in [1.29, 1.82) is 0 Å². The van der Waals surface area contributed by atoms with Crippen LogP contribution in [0.1, 0.15) is 65.7 Å². The molecular formula is C16H32N2O2. The van der Waals surface area contributed by atoms with Crippen LogP contribution in [0.3, 0.4) is 0 Å². The molecule has 1 aliphatic carbocycles. The van der Waals surface area contributed by atoms with E-state index in [-0.39, 0.29) is 5.91 Å². The first kappa shape index (κ1) is 17.4. The van der Waals surface area contributed by atoms with Crippen LogP contribution in [-0.4, -0.2) is 30.7 Å². The number of carbonyl (C=O) groups excluding carboxylic acids is 1. The number of nitrogens with two attached hydrogens (primary N) is 1. The van der Waals surface area contributed by atoms with Gasteiger partial charge in [-0.25, -0.2) is 0 Å². The van der Waals surface area contributed by atoms with Crippen molar-refractivity contribution in [1.82, 2.24) is 5.32 Å². The van der Waals surface area contributed by atoms with Crippen LogP contribution in [0.2, 0.25) is 0 Å². The van der Waals surface area contributed by atoms with Crippen LogP contribution < -0.4 is 11.1 Å². The highest BCUT2D eigenvalue weighted by molar-refractivity contribution is 5.84. The molecule has 4 nitrogen and oxygen atoms in total. The maximum atomic E-state index is 11.5. The minimum absolute atomic E-state index is 0.275. The van der Waals surface area contributed by atoms with E-state index in [4.69, 9.17) is 10.5 Å². The fourth-order valence-corrected chi connectivity index (χ4v) is 3.13. The first-order valence-corrected chi connectivity index (χ1v) is 8.18. The van der Waals surface area contributed by atoms with Gasteiger partial charge in [0.05, 0.1) is 11.6 Å². The summed E-state index contributed by atoms with van der Waals surface area (Å²) in [7, 11) is 0. The molecule has 20 heavy (non-hydrogen) atoms. The Kier molecular flexibility index (Phi) is 7.52. The van der Waals surface area contributed by atoms with Gasteiger partial charge in [-0.05, 0) is 45.1 Å². The smallest absolute Gasteiger partial charge is 0.237 e. The number of ether oxygens (including phenoxy) is 1. The van der Waals surface area contributed by atoms with E-state index < -0.39 is 5.54 Å². The maximum absolute atomic E-state index is 11.5. The van der Waals surface area contributed by atoms with E-state index in [2.05, 4.69) is 12.2 Å². The van der Waals surface area contributed by atoms with E-state index in [1.165, 1.54) is 32.1 Å². The van der Waals surface area contributed by atoms with Gasteiger partial charge in [-0.1, -0.05) is 33.1 Å². The molecule has 0 radical (unpaired) electrons. The molecule has 1 fully saturated rings. The van der Waals surface area contributed by atoms with Crippen molar-refractivity contribution >= 4 is 5.91 Å². The summed E-state index contributed by atoms with van der Waals surface area (Å²) in [4.78, 5) is 11.5. The molecule has 118 valence electrons. The molecule has 1 rings (SSSR count). The minimum atomic E-state index is -0.601. The van der Waals surface area contributed by atoms with E-state index in [0.29, 0.717) is 6.10 Å². The number of nitrogens with one attached hydrogen (secondary N) is 1. The Bertz CT molecular complexity index is 296. The summed E-state index contributed by atoms with van der Waals surface area (Å²) < 4.78 is 5.99. The van der Waals surface area contributed by atoms with E-state index in [1.807, 2.05) is 13.8 Å². The van der Waals surface area contributed by atoms with Crippen molar-refractivity contribution < 1.29 is 9.53 Å². The molecule has 3 atom stereocenters. The van der Waals surface area contributed by atoms with Gasteiger partial charge in [0.15, 0.2) is 0 Å². The highest BCUT2D eigenvalue weighted by Gasteiger charge is 2.29. The minimum Gasteiger partial charge on any atom is -0.378 e. The van der Waals surface area contributed by atoms with Gasteiger partial charge < -0.3 is 15.8 Å². The monoisotopic (exact) mass is 284 g/mol. The SMILES string of the molecule is CCNC(C)(CCCOC1CCCC(CC)C1)C(N)=O. The van der Waals surface area contributed by atoms with Crippen molar-refractivity contribution in [3.63, 3.8) is 0 Å². The third-order valence-electron chi connectivity index (χ3n) is 4.60. The molecule has 1 saturated carbocycles. The molecule has 1 aliphatic rings. The van der Waals surface area contributed by atoms with Gasteiger partial charge in [-0.3, -0.25) is 4.79 Å². The summed E-state index contributed by atoms with van der Waals surface area (Å²) in [5.41, 5.74) is 4.88. The first-order chi connectivity index (χ1) is 9.51. The van der Waals surface area contributed by atoms with Crippen molar-refractivity contribution in [3.8, 4) is 0 Å². The number of primary amides is 1. The van der Waals surface area contributed by atoms with Gasteiger partial charge in [-0.2, -0.15) is 0 Å². The zero-order valence-electron chi connectivity index (χ0n) is 13.4. The quantitative estimate of drug-likeness (QED) is 0.640. The molecule has 0 aromatic carbocycles. The molecular weight excluding hydrogens is 252 g/mol. The molecule has 0 spiro atoms. The summed E-state index contributed by atoms with van der Waals surface area (Å²) in [6, 6.07) is 0. The topological polar surface area (TPSA) is 64.3 Å². The normalized spacial score (nSPS) is 26.1. The highest BCUT2D eigenvalue weighted by Crippen LogP contribution is 2.28. The molecule has 0 saturated heterocycles. The Balaban J connectivity index is 2.24. The summed E-state index contributed by atoms with van der Waals surface area (Å²) in [6.07, 6.45) is 8.34. The third kappa shape index (κ3) is 5.41. The van der Waals surface area contributed by atoms with Crippen LogP contribution in [0.4, 0.5) is 0 Å². The predicted octanol–water partition coefficient (Wildman–Crippen LogP) is 2.61. The molecule has 0 aliphatic heterocycles. The van der Waals surface area contributed by atoms with Crippen molar-refractivity contribution in [2.24, 2.45) is 11.7 Å². The van der Waals surface area contributed by atoms with Gasteiger partial charge >= 0.3 is 0 Å². The number of rotatable bonds is 9. The van der Waals surface area contributed by atoms with Crippen LogP contribution in [-0.2, 0) is 9.53 Å². The average Bonchev–Trinajstić information content (AvgIpc) is 2.44. The number of hydrogen-bond acceptors (Lipinski definition) is 3. The lowest BCUT2D eigenvalue weighted by molar-refractivity contribution is -0.124. The fourth-order valence-electron chi connectivity index (χ4n) is 3.13. The van der Waals surface area contributed by atoms with Crippen LogP contribution in [0.5, 0.6) is 0 Å². The lowest BCUT2D eigenvalue weighted by Gasteiger charge is -2.30. The van der Waals surface area contributed by atoms with Crippen molar-refractivity contribution in [2.45, 2.75) is 77.4 Å². The molecule has 4 heteroatoms. The summed E-state index contributed by atoms with van der Waals surface area (Å²) in [5, 5.41) is 3.18. The zero-order valence-corrected chi connectivity index (χ0v) is 13.4. The lowest BCUT2D eigenvalue weighted by atomic mass is 9.85. The molecule has 0 aromatic heterocycles. The van der Waals surface area contributed by atoms with E-state index in [0.717, 1.165) is 31.9 Å². The largest absolute Gasteiger partial charge is 0.378 e. The highest BCUT2D eigenvalue weighted by atomic mass is 16.5. The maximum Gasteiger partial charge on any atom is 0.237 e. The molecule has 3 N–H and O–H groups in total. The van der Waals surface area contributed by atoms with Crippen molar-refractivity contribution in [2.75, 3.05) is 13.2 Å². The Morgan fingerprint density at radius 2 is 2.15 bits per heavy atom. The zero-order chi connectivity index (χ0) is 15.0. The molecule has 1 amide bonds. The van der Waals surface area contributed by atoms with Gasteiger partial charge in [-0.15, -0.1) is 0 Å². The third-order valence-corrected chi connectivity index (χ3v) is 4.60. The number of amides is 1. The van der Waals surface area contributed by atoms with E-state index in [9.17, 15) is 4.79 Å². The molecule has 3 unspecified atom stereocenters. The average molecular weight is 284 g/mol. The first-order valence-electron chi connectivity index (χ1n) is 8.18. The van der Waals surface area contributed by atoms with Crippen LogP contribution in [0, 0.1) is 5.92 Å². The van der Waals surface area contributed by atoms with Crippen molar-refractivity contribution in [3.05, 3.63) is 0 Å². The van der Waals surface area contributed by atoms with Gasteiger partial charge in [0, 0.05) is 6.61 Å². The van der Waals surface area contributed by atoms with Gasteiger partial charge in [0.2, 0.25) is 5.91 Å². The van der Waals surface area contributed by atoms with Gasteiger partial charge in [0.1, 0.15) is 0 Å². The van der Waals surface area contributed by atoms with E-state index >= 15 is 0 Å². The Morgan fingerprint density at radius 3 is 2.75 bits per heavy atom. The molecule has 0 aromatic rings. The predicted molar refractivity (Wildman–Crippen MR) is 82.5 cm³/mol. The second-order valence-electron chi connectivity index (χ2n) is 6.26. The van der Waals surface area contributed by atoms with Crippen LogP contribution in [0.25, 0.3) is 0 Å². The second-order valence-corrected chi connectivity index (χ2v) is 6.26. The standard InChI is InChI=1S/C16H32N2O2/c1-4-13-8-6-9-14(12-13)20-11-7-10-16(3,15(17)19)18-5-2/h13-14,18H,4-12H2,1-3H3,(H2,17,19). The van der Waals surface area contributed by atoms with Crippen LogP contribution in [0.15, 0.2) is 0 Å². The van der Waals surface area contributed by atoms with Crippen LogP contribution >= 0.6 is 0 Å². The summed E-state index contributed by atoms with van der Waals surface area (Å²) >= 11 is 0. The molecule has 0 bridgehead atoms. The summed E-state index contributed by atoms with van der Waals surface area (Å²) in [5.74, 6) is 0.564.